The van der Waals surface area contributed by atoms with Gasteiger partial charge in [0.15, 0.2) is 5.69 Å². The Bertz CT molecular complexity index is 653. The molecule has 1 aromatic rings. The van der Waals surface area contributed by atoms with Crippen LogP contribution in [-0.4, -0.2) is 40.5 Å². The second kappa shape index (κ2) is 8.76. The van der Waals surface area contributed by atoms with E-state index in [0.29, 0.717) is 12.2 Å². The van der Waals surface area contributed by atoms with Crippen LogP contribution < -0.4 is 10.6 Å². The Morgan fingerprint density at radius 2 is 1.89 bits per heavy atom. The Balaban J connectivity index is 1.94. The van der Waals surface area contributed by atoms with Crippen LogP contribution in [0.4, 0.5) is 4.79 Å². The number of aromatic nitrogens is 2. The summed E-state index contributed by atoms with van der Waals surface area (Å²) in [4.78, 5) is 24.2. The first-order chi connectivity index (χ1) is 12.6. The molecule has 1 aromatic heterocycles. The summed E-state index contributed by atoms with van der Waals surface area (Å²) in [6.07, 6.45) is 3.00. The smallest absolute Gasteiger partial charge is 0.359 e. The molecule has 0 atom stereocenters. The number of nitrogens with zero attached hydrogens (tertiary/aromatic N) is 2. The third kappa shape index (κ3) is 5.71. The number of carbonyl (C=O) groups excluding carboxylic acids is 2. The Morgan fingerprint density at radius 1 is 1.26 bits per heavy atom. The molecular weight excluding hydrogens is 344 g/mol. The van der Waals surface area contributed by atoms with Gasteiger partial charge in [-0.3, -0.25) is 4.68 Å². The van der Waals surface area contributed by atoms with E-state index in [2.05, 4.69) is 50.4 Å². The maximum atomic E-state index is 12.6. The maximum Gasteiger partial charge on any atom is 0.359 e. The van der Waals surface area contributed by atoms with E-state index in [1.165, 1.54) is 0 Å². The number of hydrogen-bond acceptors (Lipinski definition) is 4. The van der Waals surface area contributed by atoms with Gasteiger partial charge in [0.1, 0.15) is 6.10 Å². The fraction of sp³-hybridized carbons (Fsp3) is 0.750. The zero-order valence-corrected chi connectivity index (χ0v) is 17.5. The SMILES string of the molecule is CCNC(=O)NC1CCC(OC(=O)c2cc(C(C)C)n(C(C)(C)C)n2)CC1. The summed E-state index contributed by atoms with van der Waals surface area (Å²) in [6, 6.07) is 1.85. The summed E-state index contributed by atoms with van der Waals surface area (Å²) in [5.74, 6) is -0.0888. The molecule has 0 aromatic carbocycles. The highest BCUT2D eigenvalue weighted by Crippen LogP contribution is 2.26. The first-order valence-corrected chi connectivity index (χ1v) is 9.97. The van der Waals surface area contributed by atoms with Gasteiger partial charge in [-0.15, -0.1) is 0 Å². The molecule has 152 valence electrons. The van der Waals surface area contributed by atoms with Crippen LogP contribution in [-0.2, 0) is 10.3 Å². The van der Waals surface area contributed by atoms with Gasteiger partial charge in [-0.1, -0.05) is 13.8 Å². The molecule has 1 aliphatic rings. The van der Waals surface area contributed by atoms with Crippen LogP contribution >= 0.6 is 0 Å². The molecule has 1 fully saturated rings. The summed E-state index contributed by atoms with van der Waals surface area (Å²) in [5, 5.41) is 10.2. The van der Waals surface area contributed by atoms with Crippen LogP contribution in [0.1, 0.15) is 89.3 Å². The normalized spacial score (nSPS) is 20.4. The fourth-order valence-electron chi connectivity index (χ4n) is 3.38. The molecular formula is C20H34N4O3. The second-order valence-electron chi connectivity index (χ2n) is 8.57. The molecule has 0 unspecified atom stereocenters. The molecule has 1 aliphatic carbocycles. The molecule has 0 radical (unpaired) electrons. The van der Waals surface area contributed by atoms with E-state index in [1.54, 1.807) is 0 Å². The minimum Gasteiger partial charge on any atom is -0.458 e. The van der Waals surface area contributed by atoms with E-state index in [1.807, 2.05) is 17.7 Å². The highest BCUT2D eigenvalue weighted by Gasteiger charge is 2.28. The first-order valence-electron chi connectivity index (χ1n) is 9.97. The third-order valence-electron chi connectivity index (χ3n) is 4.79. The number of urea groups is 1. The molecule has 0 aliphatic heterocycles. The molecule has 0 spiro atoms. The molecule has 27 heavy (non-hydrogen) atoms. The van der Waals surface area contributed by atoms with Gasteiger partial charge in [0.25, 0.3) is 0 Å². The molecule has 2 rings (SSSR count). The van der Waals surface area contributed by atoms with Crippen molar-refractivity contribution < 1.29 is 14.3 Å². The van der Waals surface area contributed by atoms with E-state index >= 15 is 0 Å². The largest absolute Gasteiger partial charge is 0.458 e. The number of rotatable bonds is 5. The van der Waals surface area contributed by atoms with Gasteiger partial charge in [-0.2, -0.15) is 5.10 Å². The first kappa shape index (κ1) is 21.3. The average molecular weight is 379 g/mol. The van der Waals surface area contributed by atoms with Crippen molar-refractivity contribution in [3.63, 3.8) is 0 Å². The van der Waals surface area contributed by atoms with Crippen LogP contribution in [0.15, 0.2) is 6.07 Å². The number of esters is 1. The minimum atomic E-state index is -0.361. The number of hydrogen-bond donors (Lipinski definition) is 2. The Hall–Kier alpha value is -2.05. The van der Waals surface area contributed by atoms with Crippen molar-refractivity contribution in [1.82, 2.24) is 20.4 Å². The number of amides is 2. The second-order valence-corrected chi connectivity index (χ2v) is 8.57. The fourth-order valence-corrected chi connectivity index (χ4v) is 3.38. The van der Waals surface area contributed by atoms with E-state index in [4.69, 9.17) is 4.74 Å². The van der Waals surface area contributed by atoms with Gasteiger partial charge >= 0.3 is 12.0 Å². The van der Waals surface area contributed by atoms with Crippen molar-refractivity contribution in [2.75, 3.05) is 6.54 Å². The van der Waals surface area contributed by atoms with Crippen LogP contribution in [0, 0.1) is 0 Å². The Kier molecular flexibility index (Phi) is 6.89. The molecule has 7 heteroatoms. The predicted molar refractivity (Wildman–Crippen MR) is 105 cm³/mol. The van der Waals surface area contributed by atoms with Gasteiger partial charge < -0.3 is 15.4 Å². The Morgan fingerprint density at radius 3 is 2.37 bits per heavy atom. The molecule has 1 saturated carbocycles. The third-order valence-corrected chi connectivity index (χ3v) is 4.79. The molecule has 2 amide bonds. The van der Waals surface area contributed by atoms with Crippen molar-refractivity contribution in [3.05, 3.63) is 17.5 Å². The summed E-state index contributed by atoms with van der Waals surface area (Å²) in [6.45, 7) is 12.9. The highest BCUT2D eigenvalue weighted by molar-refractivity contribution is 5.87. The molecule has 2 N–H and O–H groups in total. The van der Waals surface area contributed by atoms with Gasteiger partial charge in [0.2, 0.25) is 0 Å². The lowest BCUT2D eigenvalue weighted by atomic mass is 9.93. The van der Waals surface area contributed by atoms with Crippen LogP contribution in [0.25, 0.3) is 0 Å². The van der Waals surface area contributed by atoms with Gasteiger partial charge in [0.05, 0.1) is 5.54 Å². The zero-order valence-electron chi connectivity index (χ0n) is 17.5. The number of nitrogens with one attached hydrogen (secondary N) is 2. The lowest BCUT2D eigenvalue weighted by molar-refractivity contribution is 0.0180. The van der Waals surface area contributed by atoms with Gasteiger partial charge in [0, 0.05) is 18.3 Å². The Labute approximate surface area is 162 Å². The van der Waals surface area contributed by atoms with E-state index in [9.17, 15) is 9.59 Å². The number of ether oxygens (including phenoxy) is 1. The lowest BCUT2D eigenvalue weighted by Gasteiger charge is -2.28. The van der Waals surface area contributed by atoms with Gasteiger partial charge in [-0.25, -0.2) is 9.59 Å². The highest BCUT2D eigenvalue weighted by atomic mass is 16.5. The van der Waals surface area contributed by atoms with Crippen LogP contribution in [0.3, 0.4) is 0 Å². The molecule has 0 bridgehead atoms. The summed E-state index contributed by atoms with van der Waals surface area (Å²) in [7, 11) is 0. The summed E-state index contributed by atoms with van der Waals surface area (Å²) >= 11 is 0. The van der Waals surface area contributed by atoms with Crippen LogP contribution in [0.2, 0.25) is 0 Å². The van der Waals surface area contributed by atoms with E-state index in [-0.39, 0.29) is 35.6 Å². The molecule has 1 heterocycles. The average Bonchev–Trinajstić information content (AvgIpc) is 3.03. The van der Waals surface area contributed by atoms with Crippen molar-refractivity contribution in [2.24, 2.45) is 0 Å². The van der Waals surface area contributed by atoms with Crippen molar-refractivity contribution in [2.45, 2.75) is 90.8 Å². The van der Waals surface area contributed by atoms with E-state index in [0.717, 1.165) is 31.4 Å². The van der Waals surface area contributed by atoms with E-state index < -0.39 is 0 Å². The summed E-state index contributed by atoms with van der Waals surface area (Å²) < 4.78 is 7.61. The van der Waals surface area contributed by atoms with Crippen molar-refractivity contribution in [3.8, 4) is 0 Å². The molecule has 7 nitrogen and oxygen atoms in total. The van der Waals surface area contributed by atoms with Crippen LogP contribution in [0.5, 0.6) is 0 Å². The quantitative estimate of drug-likeness (QED) is 0.767. The predicted octanol–water partition coefficient (Wildman–Crippen LogP) is 3.55. The zero-order chi connectivity index (χ0) is 20.2. The maximum absolute atomic E-state index is 12.6. The minimum absolute atomic E-state index is 0.118. The van der Waals surface area contributed by atoms with Gasteiger partial charge in [-0.05, 0) is 65.4 Å². The lowest BCUT2D eigenvalue weighted by Crippen LogP contribution is -2.44. The molecule has 0 saturated heterocycles. The monoisotopic (exact) mass is 378 g/mol. The van der Waals surface area contributed by atoms with Crippen molar-refractivity contribution in [1.29, 1.82) is 0 Å². The standard InChI is InChI=1S/C20H34N4O3/c1-7-21-19(26)22-14-8-10-15(11-9-14)27-18(25)16-12-17(13(2)3)24(23-16)20(4,5)6/h12-15H,7-11H2,1-6H3,(H2,21,22,26). The summed E-state index contributed by atoms with van der Waals surface area (Å²) in [5.41, 5.74) is 1.21. The topological polar surface area (TPSA) is 85.3 Å². The number of carbonyl (C=O) groups is 2. The van der Waals surface area contributed by atoms with Crippen molar-refractivity contribution >= 4 is 12.0 Å².